The van der Waals surface area contributed by atoms with Gasteiger partial charge in [-0.15, -0.1) is 0 Å². The van der Waals surface area contributed by atoms with Crippen molar-refractivity contribution in [2.24, 2.45) is 11.8 Å². The van der Waals surface area contributed by atoms with Gasteiger partial charge in [0.25, 0.3) is 19.4 Å². The minimum Gasteiger partial charge on any atom is -0.465 e. The first-order chi connectivity index (χ1) is 14.2. The van der Waals surface area contributed by atoms with Crippen LogP contribution in [0.1, 0.15) is 79.6 Å². The minimum absolute atomic E-state index is 0.0533. The van der Waals surface area contributed by atoms with Crippen molar-refractivity contribution < 1.29 is 33.4 Å². The molecule has 30 heavy (non-hydrogen) atoms. The quantitative estimate of drug-likeness (QED) is 0.191. The molecule has 8 heteroatoms. The van der Waals surface area contributed by atoms with Gasteiger partial charge in [0.05, 0.1) is 0 Å². The zero-order valence-electron chi connectivity index (χ0n) is 19.0. The molecule has 1 N–H and O–H groups in total. The summed E-state index contributed by atoms with van der Waals surface area (Å²) in [5.41, 5.74) is 0. The number of nitrogens with one attached hydrogen (secondary N) is 1. The summed E-state index contributed by atoms with van der Waals surface area (Å²) in [5.74, 6) is 0.417. The molecule has 0 aliphatic rings. The fourth-order valence-electron chi connectivity index (χ4n) is 3.26. The Kier molecular flexibility index (Phi) is 15.5. The summed E-state index contributed by atoms with van der Waals surface area (Å²) in [6, 6.07) is -0.155. The Hall–Kier alpha value is -2.12. The maximum absolute atomic E-state index is 12.2. The van der Waals surface area contributed by atoms with E-state index in [1.807, 2.05) is 13.8 Å². The van der Waals surface area contributed by atoms with E-state index in [9.17, 15) is 19.2 Å². The van der Waals surface area contributed by atoms with Crippen LogP contribution in [0.2, 0.25) is 0 Å². The van der Waals surface area contributed by atoms with Crippen molar-refractivity contribution in [3.8, 4) is 0 Å². The molecular formula is C22H39NO7. The largest absolute Gasteiger partial charge is 0.465 e. The van der Waals surface area contributed by atoms with Gasteiger partial charge in [-0.25, -0.2) is 0 Å². The third-order valence-electron chi connectivity index (χ3n) is 4.91. The van der Waals surface area contributed by atoms with Gasteiger partial charge in [-0.05, 0) is 19.3 Å². The standard InChI is InChI=1S/C22H39NO7/c1-16(2)8-6-7-9-19(23-22(27)17(3)4)11-21(30-15-26)12-20(29-14-25)10-18(5)28-13-24/h13-21H,6-12H2,1-5H3,(H,23,27)/t18-,19?,20?,21?/m1/s1. The molecule has 0 aromatic rings. The Morgan fingerprint density at radius 3 is 1.80 bits per heavy atom. The van der Waals surface area contributed by atoms with Gasteiger partial charge in [-0.1, -0.05) is 47.0 Å². The van der Waals surface area contributed by atoms with Crippen molar-refractivity contribution >= 4 is 25.3 Å². The monoisotopic (exact) mass is 429 g/mol. The molecule has 0 aromatic carbocycles. The summed E-state index contributed by atoms with van der Waals surface area (Å²) in [7, 11) is 0. The number of hydrogen-bond donors (Lipinski definition) is 1. The minimum atomic E-state index is -0.579. The van der Waals surface area contributed by atoms with Crippen LogP contribution in [0.4, 0.5) is 0 Å². The first-order valence-corrected chi connectivity index (χ1v) is 10.8. The zero-order valence-corrected chi connectivity index (χ0v) is 19.0. The number of carbonyl (C=O) groups excluding carboxylic acids is 4. The number of unbranched alkanes of at least 4 members (excludes halogenated alkanes) is 1. The lowest BCUT2D eigenvalue weighted by Gasteiger charge is -2.27. The van der Waals surface area contributed by atoms with Gasteiger partial charge in [0.1, 0.15) is 18.3 Å². The topological polar surface area (TPSA) is 108 Å². The Labute approximate surface area is 180 Å². The number of carbonyl (C=O) groups is 4. The Balaban J connectivity index is 5.08. The van der Waals surface area contributed by atoms with Gasteiger partial charge < -0.3 is 19.5 Å². The van der Waals surface area contributed by atoms with Crippen LogP contribution in [0.15, 0.2) is 0 Å². The van der Waals surface area contributed by atoms with Crippen LogP contribution in [-0.4, -0.2) is 49.7 Å². The fourth-order valence-corrected chi connectivity index (χ4v) is 3.26. The molecule has 0 fully saturated rings. The third-order valence-corrected chi connectivity index (χ3v) is 4.91. The van der Waals surface area contributed by atoms with E-state index in [0.29, 0.717) is 31.8 Å². The molecule has 0 spiro atoms. The van der Waals surface area contributed by atoms with Gasteiger partial charge in [0.15, 0.2) is 0 Å². The lowest BCUT2D eigenvalue weighted by molar-refractivity contribution is -0.142. The Bertz CT molecular complexity index is 496. The first-order valence-electron chi connectivity index (χ1n) is 10.8. The van der Waals surface area contributed by atoms with E-state index >= 15 is 0 Å². The summed E-state index contributed by atoms with van der Waals surface area (Å²) >= 11 is 0. The second-order valence-corrected chi connectivity index (χ2v) is 8.50. The van der Waals surface area contributed by atoms with Gasteiger partial charge in [0, 0.05) is 31.2 Å². The Morgan fingerprint density at radius 2 is 1.30 bits per heavy atom. The first kappa shape index (κ1) is 27.9. The average molecular weight is 430 g/mol. The summed E-state index contributed by atoms with van der Waals surface area (Å²) in [4.78, 5) is 44.6. The van der Waals surface area contributed by atoms with Crippen molar-refractivity contribution in [2.45, 2.75) is 104 Å². The summed E-state index contributed by atoms with van der Waals surface area (Å²) in [5, 5.41) is 3.04. The van der Waals surface area contributed by atoms with E-state index in [2.05, 4.69) is 19.2 Å². The molecule has 0 heterocycles. The molecule has 0 bridgehead atoms. The van der Waals surface area contributed by atoms with E-state index < -0.39 is 18.3 Å². The van der Waals surface area contributed by atoms with E-state index in [0.717, 1.165) is 25.7 Å². The lowest BCUT2D eigenvalue weighted by Crippen LogP contribution is -2.41. The molecule has 0 aliphatic carbocycles. The lowest BCUT2D eigenvalue weighted by atomic mass is 9.95. The van der Waals surface area contributed by atoms with Crippen molar-refractivity contribution in [1.82, 2.24) is 5.32 Å². The highest BCUT2D eigenvalue weighted by atomic mass is 16.5. The highest BCUT2D eigenvalue weighted by Gasteiger charge is 2.25. The number of rotatable bonds is 19. The summed E-state index contributed by atoms with van der Waals surface area (Å²) in [6.07, 6.45) is 3.28. The number of ether oxygens (including phenoxy) is 3. The van der Waals surface area contributed by atoms with Crippen LogP contribution in [0.3, 0.4) is 0 Å². The van der Waals surface area contributed by atoms with Crippen LogP contribution < -0.4 is 5.32 Å². The van der Waals surface area contributed by atoms with Crippen LogP contribution in [0.25, 0.3) is 0 Å². The Morgan fingerprint density at radius 1 is 0.767 bits per heavy atom. The van der Waals surface area contributed by atoms with Gasteiger partial charge in [-0.2, -0.15) is 0 Å². The van der Waals surface area contributed by atoms with Gasteiger partial charge in [-0.3, -0.25) is 19.2 Å². The summed E-state index contributed by atoms with van der Waals surface area (Å²) < 4.78 is 15.2. The highest BCUT2D eigenvalue weighted by molar-refractivity contribution is 5.78. The molecule has 8 nitrogen and oxygen atoms in total. The molecule has 0 rings (SSSR count). The molecular weight excluding hydrogens is 390 g/mol. The van der Waals surface area contributed by atoms with Crippen LogP contribution in [0, 0.1) is 11.8 Å². The molecule has 0 radical (unpaired) electrons. The molecule has 0 aromatic heterocycles. The van der Waals surface area contributed by atoms with Gasteiger partial charge >= 0.3 is 0 Å². The van der Waals surface area contributed by atoms with E-state index in [1.54, 1.807) is 6.92 Å². The predicted octanol–water partition coefficient (Wildman–Crippen LogP) is 3.16. The molecule has 0 saturated heterocycles. The van der Waals surface area contributed by atoms with Crippen molar-refractivity contribution in [3.05, 3.63) is 0 Å². The fraction of sp³-hybridized carbons (Fsp3) is 0.818. The van der Waals surface area contributed by atoms with E-state index in [-0.39, 0.29) is 30.7 Å². The van der Waals surface area contributed by atoms with Crippen LogP contribution >= 0.6 is 0 Å². The van der Waals surface area contributed by atoms with Crippen molar-refractivity contribution in [1.29, 1.82) is 0 Å². The molecule has 1 amide bonds. The van der Waals surface area contributed by atoms with E-state index in [4.69, 9.17) is 14.2 Å². The molecule has 4 atom stereocenters. The maximum Gasteiger partial charge on any atom is 0.293 e. The third kappa shape index (κ3) is 14.0. The smallest absolute Gasteiger partial charge is 0.293 e. The zero-order chi connectivity index (χ0) is 22.9. The summed E-state index contributed by atoms with van der Waals surface area (Å²) in [6.45, 7) is 10.7. The van der Waals surface area contributed by atoms with Crippen molar-refractivity contribution in [3.63, 3.8) is 0 Å². The average Bonchev–Trinajstić information content (AvgIpc) is 2.65. The van der Waals surface area contributed by atoms with Gasteiger partial charge in [0.2, 0.25) is 5.91 Å². The number of hydrogen-bond acceptors (Lipinski definition) is 7. The van der Waals surface area contributed by atoms with E-state index in [1.165, 1.54) is 0 Å². The normalized spacial score (nSPS) is 15.0. The highest BCUT2D eigenvalue weighted by Crippen LogP contribution is 2.19. The van der Waals surface area contributed by atoms with Crippen molar-refractivity contribution in [2.75, 3.05) is 0 Å². The maximum atomic E-state index is 12.2. The second-order valence-electron chi connectivity index (χ2n) is 8.50. The molecule has 0 saturated carbocycles. The van der Waals surface area contributed by atoms with Crippen LogP contribution in [0.5, 0.6) is 0 Å². The van der Waals surface area contributed by atoms with Crippen LogP contribution in [-0.2, 0) is 33.4 Å². The number of amides is 1. The second kappa shape index (κ2) is 16.7. The predicted molar refractivity (Wildman–Crippen MR) is 112 cm³/mol. The SMILES string of the molecule is CC(C)CCCCC(CC(CC(C[C@@H](C)OC=O)OC=O)OC=O)NC(=O)C(C)C. The molecule has 174 valence electrons. The molecule has 3 unspecified atom stereocenters. The molecule has 0 aliphatic heterocycles.